The predicted molar refractivity (Wildman–Crippen MR) is 121 cm³/mol. The quantitative estimate of drug-likeness (QED) is 0.305. The van der Waals surface area contributed by atoms with Crippen LogP contribution in [0, 0.1) is 0 Å². The Balaban J connectivity index is 1.26. The Bertz CT molecular complexity index is 1490. The zero-order valence-electron chi connectivity index (χ0n) is 17.6. The summed E-state index contributed by atoms with van der Waals surface area (Å²) in [5.41, 5.74) is 3.73. The highest BCUT2D eigenvalue weighted by atomic mass is 79.9. The van der Waals surface area contributed by atoms with Gasteiger partial charge in [0.25, 0.3) is 0 Å². The van der Waals surface area contributed by atoms with E-state index in [1.54, 1.807) is 25.3 Å². The maximum atomic E-state index is 12.8. The van der Waals surface area contributed by atoms with Gasteiger partial charge < -0.3 is 18.9 Å². The highest BCUT2D eigenvalue weighted by Crippen LogP contribution is 2.40. The number of methoxy groups -OCH3 is 1. The Labute approximate surface area is 200 Å². The number of hydrogen-bond acceptors (Lipinski definition) is 8. The SMILES string of the molecule is COc1ccc2c(c1)OCc1c(C(=O)OC(=O)c3n[nH]c4c3COc3cc(Br)ccc3-4)n[nH]c1-2. The summed E-state index contributed by atoms with van der Waals surface area (Å²) in [5, 5.41) is 13.9. The highest BCUT2D eigenvalue weighted by molar-refractivity contribution is 9.10. The van der Waals surface area contributed by atoms with Crippen molar-refractivity contribution in [2.75, 3.05) is 7.11 Å². The molecule has 0 saturated carbocycles. The van der Waals surface area contributed by atoms with Gasteiger partial charge in [-0.2, -0.15) is 10.2 Å². The largest absolute Gasteiger partial charge is 0.497 e. The van der Waals surface area contributed by atoms with Crippen molar-refractivity contribution in [2.45, 2.75) is 13.2 Å². The molecule has 6 rings (SSSR count). The molecule has 0 saturated heterocycles. The first-order valence-corrected chi connectivity index (χ1v) is 11.0. The van der Waals surface area contributed by atoms with E-state index in [1.807, 2.05) is 18.2 Å². The highest BCUT2D eigenvalue weighted by Gasteiger charge is 2.32. The standard InChI is InChI=1S/C23H15BrN4O6/c1-31-11-3-5-13-17(7-11)33-9-15-19(13)26-28-21(15)23(30)34-22(29)20-14-8-32-16-6-10(24)2-4-12(16)18(14)25-27-20/h2-7H,8-9H2,1H3,(H,25,27)(H,26,28). The Kier molecular flexibility index (Phi) is 4.66. The summed E-state index contributed by atoms with van der Waals surface area (Å²) in [7, 11) is 1.57. The number of esters is 2. The number of carbonyl (C=O) groups excluding carboxylic acids is 2. The molecule has 0 unspecified atom stereocenters. The lowest BCUT2D eigenvalue weighted by molar-refractivity contribution is 0.0385. The number of fused-ring (bicyclic) bond motifs is 6. The fraction of sp³-hybridized carbons (Fsp3) is 0.130. The van der Waals surface area contributed by atoms with Crippen molar-refractivity contribution >= 4 is 27.9 Å². The third-order valence-corrected chi connectivity index (χ3v) is 6.21. The van der Waals surface area contributed by atoms with Gasteiger partial charge in [-0.3, -0.25) is 10.2 Å². The molecule has 2 aliphatic rings. The van der Waals surface area contributed by atoms with E-state index in [0.29, 0.717) is 39.8 Å². The number of halogens is 1. The molecular weight excluding hydrogens is 508 g/mol. The molecule has 4 aromatic rings. The van der Waals surface area contributed by atoms with Gasteiger partial charge in [0.05, 0.1) is 29.6 Å². The molecule has 2 aromatic heterocycles. The van der Waals surface area contributed by atoms with E-state index in [-0.39, 0.29) is 24.6 Å². The third kappa shape index (κ3) is 3.16. The number of benzene rings is 2. The van der Waals surface area contributed by atoms with Crippen LogP contribution < -0.4 is 14.2 Å². The smallest absolute Gasteiger partial charge is 0.367 e. The zero-order valence-corrected chi connectivity index (χ0v) is 19.2. The van der Waals surface area contributed by atoms with E-state index >= 15 is 0 Å². The summed E-state index contributed by atoms with van der Waals surface area (Å²) in [6.45, 7) is 0.197. The Morgan fingerprint density at radius 3 is 2.03 bits per heavy atom. The summed E-state index contributed by atoms with van der Waals surface area (Å²) in [6, 6.07) is 10.9. The first kappa shape index (κ1) is 20.5. The molecule has 0 fully saturated rings. The lowest BCUT2D eigenvalue weighted by Gasteiger charge is -2.18. The molecule has 0 amide bonds. The number of carbonyl (C=O) groups is 2. The molecule has 10 nitrogen and oxygen atoms in total. The average Bonchev–Trinajstić information content (AvgIpc) is 3.48. The van der Waals surface area contributed by atoms with Crippen molar-refractivity contribution in [2.24, 2.45) is 0 Å². The van der Waals surface area contributed by atoms with Crippen LogP contribution in [0.1, 0.15) is 32.1 Å². The summed E-state index contributed by atoms with van der Waals surface area (Å²) >= 11 is 3.41. The molecule has 0 radical (unpaired) electrons. The second-order valence-electron chi connectivity index (χ2n) is 7.61. The minimum Gasteiger partial charge on any atom is -0.497 e. The number of hydrogen-bond donors (Lipinski definition) is 2. The van der Waals surface area contributed by atoms with Crippen LogP contribution in [0.4, 0.5) is 0 Å². The van der Waals surface area contributed by atoms with E-state index in [1.165, 1.54) is 0 Å². The Morgan fingerprint density at radius 2 is 1.44 bits per heavy atom. The van der Waals surface area contributed by atoms with Crippen LogP contribution >= 0.6 is 15.9 Å². The van der Waals surface area contributed by atoms with Crippen LogP contribution in [0.2, 0.25) is 0 Å². The van der Waals surface area contributed by atoms with Crippen molar-refractivity contribution < 1.29 is 28.5 Å². The minimum atomic E-state index is -0.902. The van der Waals surface area contributed by atoms with Gasteiger partial charge in [0.1, 0.15) is 30.5 Å². The second-order valence-corrected chi connectivity index (χ2v) is 8.52. The van der Waals surface area contributed by atoms with Gasteiger partial charge >= 0.3 is 11.9 Å². The van der Waals surface area contributed by atoms with Crippen molar-refractivity contribution in [3.63, 3.8) is 0 Å². The summed E-state index contributed by atoms with van der Waals surface area (Å²) in [4.78, 5) is 25.6. The number of nitrogens with zero attached hydrogens (tertiary/aromatic N) is 2. The fourth-order valence-electron chi connectivity index (χ4n) is 4.05. The molecule has 0 bridgehead atoms. The van der Waals surface area contributed by atoms with Gasteiger partial charge in [-0.05, 0) is 30.3 Å². The van der Waals surface area contributed by atoms with Crippen LogP contribution in [-0.4, -0.2) is 39.4 Å². The van der Waals surface area contributed by atoms with Gasteiger partial charge in [-0.1, -0.05) is 15.9 Å². The molecule has 34 heavy (non-hydrogen) atoms. The summed E-state index contributed by atoms with van der Waals surface area (Å²) in [6.07, 6.45) is 0. The molecular formula is C23H15BrN4O6. The van der Waals surface area contributed by atoms with Crippen LogP contribution in [0.15, 0.2) is 40.9 Å². The van der Waals surface area contributed by atoms with Crippen LogP contribution in [0.25, 0.3) is 22.5 Å². The lowest BCUT2D eigenvalue weighted by Crippen LogP contribution is -2.18. The molecule has 2 aliphatic heterocycles. The maximum Gasteiger partial charge on any atom is 0.367 e. The normalized spacial score (nSPS) is 12.9. The monoisotopic (exact) mass is 522 g/mol. The van der Waals surface area contributed by atoms with Crippen molar-refractivity contribution in [3.8, 4) is 39.8 Å². The number of aromatic amines is 2. The van der Waals surface area contributed by atoms with E-state index in [2.05, 4.69) is 36.3 Å². The Morgan fingerprint density at radius 1 is 0.882 bits per heavy atom. The van der Waals surface area contributed by atoms with E-state index < -0.39 is 11.9 Å². The predicted octanol–water partition coefficient (Wildman–Crippen LogP) is 4.02. The van der Waals surface area contributed by atoms with Gasteiger partial charge in [0.2, 0.25) is 0 Å². The first-order valence-electron chi connectivity index (χ1n) is 10.2. The number of rotatable bonds is 3. The van der Waals surface area contributed by atoms with Crippen LogP contribution in [0.3, 0.4) is 0 Å². The molecule has 4 heterocycles. The molecule has 2 N–H and O–H groups in total. The van der Waals surface area contributed by atoms with Gasteiger partial charge in [0, 0.05) is 21.7 Å². The number of H-pyrrole nitrogens is 2. The number of aromatic nitrogens is 4. The summed E-state index contributed by atoms with van der Waals surface area (Å²) in [5.74, 6) is 0.101. The molecule has 2 aromatic carbocycles. The lowest BCUT2D eigenvalue weighted by atomic mass is 10.0. The van der Waals surface area contributed by atoms with E-state index in [4.69, 9.17) is 18.9 Å². The molecule has 0 aliphatic carbocycles. The van der Waals surface area contributed by atoms with Crippen LogP contribution in [-0.2, 0) is 18.0 Å². The first-order chi connectivity index (χ1) is 16.5. The van der Waals surface area contributed by atoms with E-state index in [0.717, 1.165) is 15.6 Å². The molecule has 170 valence electrons. The Hall–Kier alpha value is -4.12. The van der Waals surface area contributed by atoms with Gasteiger partial charge in [-0.15, -0.1) is 0 Å². The van der Waals surface area contributed by atoms with Gasteiger partial charge in [0.15, 0.2) is 11.4 Å². The summed E-state index contributed by atoms with van der Waals surface area (Å²) < 4.78 is 22.7. The van der Waals surface area contributed by atoms with Crippen molar-refractivity contribution in [1.82, 2.24) is 20.4 Å². The topological polar surface area (TPSA) is 128 Å². The fourth-order valence-corrected chi connectivity index (χ4v) is 4.39. The van der Waals surface area contributed by atoms with Gasteiger partial charge in [-0.25, -0.2) is 9.59 Å². The molecule has 0 atom stereocenters. The molecule has 0 spiro atoms. The van der Waals surface area contributed by atoms with Crippen molar-refractivity contribution in [1.29, 1.82) is 0 Å². The van der Waals surface area contributed by atoms with E-state index in [9.17, 15) is 9.59 Å². The maximum absolute atomic E-state index is 12.8. The minimum absolute atomic E-state index is 0.0185. The van der Waals surface area contributed by atoms with Crippen molar-refractivity contribution in [3.05, 3.63) is 63.4 Å². The van der Waals surface area contributed by atoms with Crippen LogP contribution in [0.5, 0.6) is 17.2 Å². The average molecular weight is 523 g/mol. The zero-order chi connectivity index (χ0) is 23.4. The molecule has 11 heteroatoms. The second kappa shape index (κ2) is 7.73. The third-order valence-electron chi connectivity index (χ3n) is 5.72. The number of nitrogens with one attached hydrogen (secondary N) is 2. The number of ether oxygens (including phenoxy) is 4.